The van der Waals surface area contributed by atoms with Crippen LogP contribution in [0.25, 0.3) is 0 Å². The van der Waals surface area contributed by atoms with Gasteiger partial charge in [-0.15, -0.1) is 0 Å². The van der Waals surface area contributed by atoms with Crippen molar-refractivity contribution in [1.82, 2.24) is 4.90 Å². The maximum Gasteiger partial charge on any atom is 0.338 e. The third kappa shape index (κ3) is 6.96. The fourth-order valence-corrected chi connectivity index (χ4v) is 1.56. The fraction of sp³-hybridized carbons (Fsp3) is 0.533. The second-order valence-electron chi connectivity index (χ2n) is 5.19. The van der Waals surface area contributed by atoms with E-state index in [0.717, 1.165) is 0 Å². The minimum absolute atomic E-state index is 0.215. The minimum Gasteiger partial charge on any atom is -0.461 e. The lowest BCUT2D eigenvalue weighted by Crippen LogP contribution is -2.32. The third-order valence-corrected chi connectivity index (χ3v) is 2.82. The monoisotopic (exact) mass is 337 g/mol. The number of ether oxygens (including phenoxy) is 2. The Balaban J connectivity index is 2.51. The van der Waals surface area contributed by atoms with E-state index in [1.807, 2.05) is 19.0 Å². The second-order valence-corrected chi connectivity index (χ2v) is 5.19. The molecule has 0 aliphatic carbocycles. The molecule has 0 atom stereocenters. The highest BCUT2D eigenvalue weighted by Crippen LogP contribution is 2.23. The molecule has 0 fully saturated rings. The summed E-state index contributed by atoms with van der Waals surface area (Å²) >= 11 is 0. The zero-order valence-electron chi connectivity index (χ0n) is 12.9. The molecule has 0 radical (unpaired) electrons. The van der Waals surface area contributed by atoms with E-state index in [1.54, 1.807) is 0 Å². The van der Waals surface area contributed by atoms with Crippen molar-refractivity contribution < 1.29 is 31.8 Å². The zero-order chi connectivity index (χ0) is 17.5. The van der Waals surface area contributed by atoms with Crippen LogP contribution in [0.4, 0.5) is 17.6 Å². The number of rotatable bonds is 9. The molecule has 0 amide bonds. The van der Waals surface area contributed by atoms with E-state index in [0.29, 0.717) is 12.1 Å². The largest absolute Gasteiger partial charge is 0.461 e. The number of benzene rings is 1. The van der Waals surface area contributed by atoms with Crippen LogP contribution in [-0.4, -0.2) is 57.1 Å². The molecule has 0 saturated heterocycles. The molecule has 0 aliphatic rings. The number of esters is 1. The van der Waals surface area contributed by atoms with E-state index in [9.17, 15) is 22.4 Å². The van der Waals surface area contributed by atoms with E-state index in [-0.39, 0.29) is 18.8 Å². The Labute approximate surface area is 132 Å². The molecule has 23 heavy (non-hydrogen) atoms. The zero-order valence-corrected chi connectivity index (χ0v) is 12.9. The summed E-state index contributed by atoms with van der Waals surface area (Å²) in [5.41, 5.74) is 0.655. The highest BCUT2D eigenvalue weighted by molar-refractivity contribution is 5.89. The molecule has 0 spiro atoms. The lowest BCUT2D eigenvalue weighted by atomic mass is 10.1. The van der Waals surface area contributed by atoms with E-state index in [4.69, 9.17) is 4.74 Å². The van der Waals surface area contributed by atoms with Gasteiger partial charge in [-0.1, -0.05) is 12.1 Å². The number of carbonyl (C=O) groups is 1. The maximum atomic E-state index is 12.7. The van der Waals surface area contributed by atoms with E-state index >= 15 is 0 Å². The van der Waals surface area contributed by atoms with Crippen LogP contribution in [0.15, 0.2) is 24.3 Å². The smallest absolute Gasteiger partial charge is 0.338 e. The van der Waals surface area contributed by atoms with Crippen molar-refractivity contribution >= 4 is 5.97 Å². The van der Waals surface area contributed by atoms with Crippen molar-refractivity contribution in [2.75, 3.05) is 33.9 Å². The number of nitrogens with zero attached hydrogens (tertiary/aromatic N) is 1. The molecule has 1 aromatic carbocycles. The van der Waals surface area contributed by atoms with Crippen molar-refractivity contribution in [3.05, 3.63) is 35.4 Å². The average Bonchev–Trinajstić information content (AvgIpc) is 2.46. The molecule has 130 valence electrons. The van der Waals surface area contributed by atoms with Crippen molar-refractivity contribution in [3.8, 4) is 0 Å². The number of halogens is 4. The summed E-state index contributed by atoms with van der Waals surface area (Å²) < 4.78 is 59.0. The molecule has 1 aromatic rings. The Hall–Kier alpha value is -1.67. The molecule has 0 N–H and O–H groups in total. The first-order chi connectivity index (χ1) is 10.7. The van der Waals surface area contributed by atoms with E-state index < -0.39 is 24.9 Å². The van der Waals surface area contributed by atoms with Gasteiger partial charge in [0.25, 0.3) is 0 Å². The average molecular weight is 337 g/mol. The van der Waals surface area contributed by atoms with Crippen LogP contribution in [0.5, 0.6) is 0 Å². The van der Waals surface area contributed by atoms with Crippen molar-refractivity contribution in [3.63, 3.8) is 0 Å². The molecule has 4 nitrogen and oxygen atoms in total. The van der Waals surface area contributed by atoms with Gasteiger partial charge in [-0.05, 0) is 31.8 Å². The molecule has 0 bridgehead atoms. The first-order valence-corrected chi connectivity index (χ1v) is 6.87. The van der Waals surface area contributed by atoms with Crippen molar-refractivity contribution in [1.29, 1.82) is 0 Å². The summed E-state index contributed by atoms with van der Waals surface area (Å²) in [6.07, 6.45) is -3.78. The first-order valence-electron chi connectivity index (χ1n) is 6.87. The summed E-state index contributed by atoms with van der Waals surface area (Å²) in [7, 11) is 3.67. The number of carbonyl (C=O) groups excluding carboxylic acids is 1. The molecular formula is C15H19F4NO3. The Kier molecular flexibility index (Phi) is 7.44. The van der Waals surface area contributed by atoms with Gasteiger partial charge in [-0.2, -0.15) is 8.78 Å². The standard InChI is InChI=1S/C15H19F4NO3/c1-20(2)6-7-23-13(21)12-5-3-4-11(8-12)9-22-10-15(18,19)14(16)17/h3-5,8,14H,6-7,9-10H2,1-2H3. The normalized spacial score (nSPS) is 12.0. The summed E-state index contributed by atoms with van der Waals surface area (Å²) in [6, 6.07) is 6.00. The Morgan fingerprint density at radius 3 is 2.61 bits per heavy atom. The van der Waals surface area contributed by atoms with Gasteiger partial charge in [-0.3, -0.25) is 0 Å². The first kappa shape index (κ1) is 19.4. The molecule has 0 aliphatic heterocycles. The Morgan fingerprint density at radius 2 is 2.00 bits per heavy atom. The molecular weight excluding hydrogens is 318 g/mol. The predicted octanol–water partition coefficient (Wildman–Crippen LogP) is 2.82. The van der Waals surface area contributed by atoms with E-state index in [1.165, 1.54) is 24.3 Å². The topological polar surface area (TPSA) is 38.8 Å². The number of hydrogen-bond donors (Lipinski definition) is 0. The summed E-state index contributed by atoms with van der Waals surface area (Å²) in [6.45, 7) is -0.909. The lowest BCUT2D eigenvalue weighted by Gasteiger charge is -2.15. The second kappa shape index (κ2) is 8.83. The van der Waals surface area contributed by atoms with Crippen LogP contribution >= 0.6 is 0 Å². The van der Waals surface area contributed by atoms with Crippen molar-refractivity contribution in [2.45, 2.75) is 19.0 Å². The van der Waals surface area contributed by atoms with E-state index in [2.05, 4.69) is 4.74 Å². The van der Waals surface area contributed by atoms with Crippen LogP contribution in [0.2, 0.25) is 0 Å². The highest BCUT2D eigenvalue weighted by atomic mass is 19.3. The van der Waals surface area contributed by atoms with Gasteiger partial charge in [-0.25, -0.2) is 13.6 Å². The van der Waals surface area contributed by atoms with Crippen LogP contribution in [0.1, 0.15) is 15.9 Å². The third-order valence-electron chi connectivity index (χ3n) is 2.82. The Morgan fingerprint density at radius 1 is 1.30 bits per heavy atom. The molecule has 0 aromatic heterocycles. The van der Waals surface area contributed by atoms with Gasteiger partial charge >= 0.3 is 18.3 Å². The lowest BCUT2D eigenvalue weighted by molar-refractivity contribution is -0.168. The van der Waals surface area contributed by atoms with Gasteiger partial charge in [0.1, 0.15) is 13.2 Å². The van der Waals surface area contributed by atoms with Gasteiger partial charge < -0.3 is 14.4 Å². The molecule has 0 saturated carbocycles. The van der Waals surface area contributed by atoms with Gasteiger partial charge in [0, 0.05) is 6.54 Å². The van der Waals surface area contributed by atoms with Crippen LogP contribution in [0, 0.1) is 0 Å². The Bertz CT molecular complexity index is 509. The van der Waals surface area contributed by atoms with Crippen LogP contribution < -0.4 is 0 Å². The van der Waals surface area contributed by atoms with Gasteiger partial charge in [0.15, 0.2) is 0 Å². The summed E-state index contributed by atoms with van der Waals surface area (Å²) in [4.78, 5) is 13.6. The van der Waals surface area contributed by atoms with Crippen LogP contribution in [0.3, 0.4) is 0 Å². The number of likely N-dealkylation sites (N-methyl/N-ethyl adjacent to an activating group) is 1. The molecule has 0 unspecified atom stereocenters. The summed E-state index contributed by atoms with van der Waals surface area (Å²) in [5, 5.41) is 0. The number of alkyl halides is 4. The molecule has 8 heteroatoms. The van der Waals surface area contributed by atoms with Crippen molar-refractivity contribution in [2.24, 2.45) is 0 Å². The van der Waals surface area contributed by atoms with Gasteiger partial charge in [0.2, 0.25) is 0 Å². The quantitative estimate of drug-likeness (QED) is 0.513. The fourth-order valence-electron chi connectivity index (χ4n) is 1.56. The highest BCUT2D eigenvalue weighted by Gasteiger charge is 2.40. The van der Waals surface area contributed by atoms with Crippen LogP contribution in [-0.2, 0) is 16.1 Å². The maximum absolute atomic E-state index is 12.7. The summed E-state index contributed by atoms with van der Waals surface area (Å²) in [5.74, 6) is -4.74. The predicted molar refractivity (Wildman–Crippen MR) is 75.9 cm³/mol. The molecule has 1 rings (SSSR count). The minimum atomic E-state index is -4.19. The SMILES string of the molecule is CN(C)CCOC(=O)c1cccc(COCC(F)(F)C(F)F)c1. The number of hydrogen-bond acceptors (Lipinski definition) is 4. The molecule has 0 heterocycles. The van der Waals surface area contributed by atoms with Gasteiger partial charge in [0.05, 0.1) is 12.2 Å².